The molecule has 1 aromatic carbocycles. The smallest absolute Gasteiger partial charge is 0.119 e. The summed E-state index contributed by atoms with van der Waals surface area (Å²) in [5.74, 6) is 2.90. The lowest BCUT2D eigenvalue weighted by Gasteiger charge is -2.30. The Morgan fingerprint density at radius 2 is 2.35 bits per heavy atom. The minimum absolute atomic E-state index is 0.476. The Balaban J connectivity index is 1.60. The van der Waals surface area contributed by atoms with Crippen molar-refractivity contribution in [3.8, 4) is 5.75 Å². The number of hydrogen-bond acceptors (Lipinski definition) is 4. The van der Waals surface area contributed by atoms with Crippen molar-refractivity contribution < 1.29 is 9.84 Å². The highest BCUT2D eigenvalue weighted by Gasteiger charge is 2.32. The number of methoxy groups -OCH3 is 1. The fourth-order valence-electron chi connectivity index (χ4n) is 3.10. The maximum absolute atomic E-state index is 10.4. The third-order valence-corrected chi connectivity index (χ3v) is 5.68. The summed E-state index contributed by atoms with van der Waals surface area (Å²) in [6.45, 7) is 0.726. The van der Waals surface area contributed by atoms with Gasteiger partial charge in [-0.15, -0.1) is 0 Å². The van der Waals surface area contributed by atoms with E-state index >= 15 is 0 Å². The van der Waals surface area contributed by atoms with Crippen molar-refractivity contribution in [3.63, 3.8) is 0 Å². The molecule has 3 nitrogen and oxygen atoms in total. The molecule has 1 aliphatic heterocycles. The van der Waals surface area contributed by atoms with E-state index in [2.05, 4.69) is 17.4 Å². The highest BCUT2D eigenvalue weighted by molar-refractivity contribution is 7.99. The average molecular weight is 293 g/mol. The molecule has 4 heteroatoms. The topological polar surface area (TPSA) is 41.5 Å². The summed E-state index contributed by atoms with van der Waals surface area (Å²) in [6, 6.07) is 6.86. The summed E-state index contributed by atoms with van der Waals surface area (Å²) in [4.78, 5) is 0. The number of fused-ring (bicyclic) bond motifs is 1. The first-order chi connectivity index (χ1) is 9.68. The van der Waals surface area contributed by atoms with E-state index in [1.54, 1.807) is 7.11 Å². The summed E-state index contributed by atoms with van der Waals surface area (Å²) in [5, 5.41) is 14.0. The molecular weight excluding hydrogens is 270 g/mol. The molecule has 0 bridgehead atoms. The zero-order valence-electron chi connectivity index (χ0n) is 12.0. The molecule has 20 heavy (non-hydrogen) atoms. The second kappa shape index (κ2) is 5.96. The lowest BCUT2D eigenvalue weighted by Crippen LogP contribution is -2.46. The monoisotopic (exact) mass is 293 g/mol. The number of aliphatic hydroxyl groups is 1. The van der Waals surface area contributed by atoms with Crippen LogP contribution in [0.1, 0.15) is 24.0 Å². The van der Waals surface area contributed by atoms with Crippen molar-refractivity contribution in [2.75, 3.05) is 25.2 Å². The van der Waals surface area contributed by atoms with Gasteiger partial charge in [-0.2, -0.15) is 11.8 Å². The van der Waals surface area contributed by atoms with E-state index in [9.17, 15) is 5.11 Å². The number of rotatable bonds is 4. The highest BCUT2D eigenvalue weighted by atomic mass is 32.2. The molecule has 1 saturated heterocycles. The van der Waals surface area contributed by atoms with Crippen molar-refractivity contribution >= 4 is 11.8 Å². The van der Waals surface area contributed by atoms with E-state index in [0.717, 1.165) is 49.5 Å². The van der Waals surface area contributed by atoms with Crippen molar-refractivity contribution in [2.45, 2.75) is 37.3 Å². The maximum atomic E-state index is 10.4. The fraction of sp³-hybridized carbons (Fsp3) is 0.625. The van der Waals surface area contributed by atoms with Crippen LogP contribution in [0.25, 0.3) is 0 Å². The van der Waals surface area contributed by atoms with Gasteiger partial charge in [-0.1, -0.05) is 6.07 Å². The van der Waals surface area contributed by atoms with Crippen LogP contribution in [0.4, 0.5) is 0 Å². The van der Waals surface area contributed by atoms with E-state index in [4.69, 9.17) is 4.74 Å². The Bertz CT molecular complexity index is 472. The Morgan fingerprint density at radius 1 is 1.45 bits per heavy atom. The molecule has 2 aliphatic rings. The van der Waals surface area contributed by atoms with E-state index in [1.165, 1.54) is 11.1 Å². The van der Waals surface area contributed by atoms with Gasteiger partial charge in [0.25, 0.3) is 0 Å². The molecule has 1 aromatic rings. The molecule has 0 radical (unpaired) electrons. The van der Waals surface area contributed by atoms with Crippen LogP contribution in [-0.4, -0.2) is 41.9 Å². The number of thioether (sulfide) groups is 1. The molecule has 0 unspecified atom stereocenters. The summed E-state index contributed by atoms with van der Waals surface area (Å²) < 4.78 is 5.31. The van der Waals surface area contributed by atoms with Crippen molar-refractivity contribution in [2.24, 2.45) is 0 Å². The fourth-order valence-corrected chi connectivity index (χ4v) is 4.40. The molecule has 2 N–H and O–H groups in total. The van der Waals surface area contributed by atoms with Gasteiger partial charge in [0, 0.05) is 18.3 Å². The van der Waals surface area contributed by atoms with Crippen LogP contribution in [0, 0.1) is 0 Å². The SMILES string of the molecule is COc1ccc2c(c1)C[C@H](NC[C@]1(O)CCSC1)CC2. The average Bonchev–Trinajstić information content (AvgIpc) is 2.91. The lowest BCUT2D eigenvalue weighted by molar-refractivity contribution is 0.0640. The molecule has 0 spiro atoms. The predicted octanol–water partition coefficient (Wildman–Crippen LogP) is 2.01. The third kappa shape index (κ3) is 3.13. The van der Waals surface area contributed by atoms with Crippen LogP contribution in [0.15, 0.2) is 18.2 Å². The van der Waals surface area contributed by atoms with Gasteiger partial charge < -0.3 is 15.2 Å². The molecule has 0 aromatic heterocycles. The molecule has 1 aliphatic carbocycles. The summed E-state index contributed by atoms with van der Waals surface area (Å²) >= 11 is 1.85. The summed E-state index contributed by atoms with van der Waals surface area (Å²) in [7, 11) is 1.72. The summed E-state index contributed by atoms with van der Waals surface area (Å²) in [5.41, 5.74) is 2.35. The third-order valence-electron chi connectivity index (χ3n) is 4.44. The van der Waals surface area contributed by atoms with E-state index in [0.29, 0.717) is 6.04 Å². The minimum atomic E-state index is -0.487. The van der Waals surface area contributed by atoms with Gasteiger partial charge in [0.15, 0.2) is 0 Å². The van der Waals surface area contributed by atoms with Crippen molar-refractivity contribution in [1.29, 1.82) is 0 Å². The minimum Gasteiger partial charge on any atom is -0.497 e. The molecule has 2 atom stereocenters. The zero-order chi connectivity index (χ0) is 14.0. The zero-order valence-corrected chi connectivity index (χ0v) is 12.8. The molecule has 0 saturated carbocycles. The van der Waals surface area contributed by atoms with Gasteiger partial charge in [-0.05, 0) is 54.7 Å². The molecule has 1 heterocycles. The van der Waals surface area contributed by atoms with Crippen molar-refractivity contribution in [1.82, 2.24) is 5.32 Å². The van der Waals surface area contributed by atoms with Crippen LogP contribution in [0.2, 0.25) is 0 Å². The van der Waals surface area contributed by atoms with E-state index < -0.39 is 5.60 Å². The number of nitrogens with one attached hydrogen (secondary N) is 1. The normalized spacial score (nSPS) is 29.2. The number of aryl methyl sites for hydroxylation is 1. The van der Waals surface area contributed by atoms with Gasteiger partial charge in [-0.25, -0.2) is 0 Å². The van der Waals surface area contributed by atoms with E-state index in [1.807, 2.05) is 17.8 Å². The van der Waals surface area contributed by atoms with Gasteiger partial charge in [0.1, 0.15) is 5.75 Å². The van der Waals surface area contributed by atoms with Crippen LogP contribution in [-0.2, 0) is 12.8 Å². The Labute approximate surface area is 125 Å². The number of ether oxygens (including phenoxy) is 1. The van der Waals surface area contributed by atoms with Crippen molar-refractivity contribution in [3.05, 3.63) is 29.3 Å². The van der Waals surface area contributed by atoms with Crippen LogP contribution < -0.4 is 10.1 Å². The molecular formula is C16H23NO2S. The highest BCUT2D eigenvalue weighted by Crippen LogP contribution is 2.29. The molecule has 3 rings (SSSR count). The molecule has 1 fully saturated rings. The van der Waals surface area contributed by atoms with Gasteiger partial charge in [0.2, 0.25) is 0 Å². The van der Waals surface area contributed by atoms with Crippen LogP contribution >= 0.6 is 11.8 Å². The number of benzene rings is 1. The maximum Gasteiger partial charge on any atom is 0.119 e. The molecule has 110 valence electrons. The van der Waals surface area contributed by atoms with Gasteiger partial charge in [-0.3, -0.25) is 0 Å². The lowest BCUT2D eigenvalue weighted by atomic mass is 9.87. The Morgan fingerprint density at radius 3 is 3.10 bits per heavy atom. The predicted molar refractivity (Wildman–Crippen MR) is 83.7 cm³/mol. The molecule has 0 amide bonds. The summed E-state index contributed by atoms with van der Waals surface area (Å²) in [6.07, 6.45) is 4.23. The Kier molecular flexibility index (Phi) is 4.24. The quantitative estimate of drug-likeness (QED) is 0.891. The first-order valence-electron chi connectivity index (χ1n) is 7.38. The first kappa shape index (κ1) is 14.2. The van der Waals surface area contributed by atoms with Crippen LogP contribution in [0.3, 0.4) is 0 Å². The standard InChI is InChI=1S/C16H23NO2S/c1-19-15-5-3-12-2-4-14(8-13(12)9-15)17-10-16(18)6-7-20-11-16/h3,5,9,14,17-18H,2,4,6-8,10-11H2,1H3/t14-,16-/m1/s1. The van der Waals surface area contributed by atoms with Crippen LogP contribution in [0.5, 0.6) is 5.75 Å². The Hall–Kier alpha value is -0.710. The largest absolute Gasteiger partial charge is 0.497 e. The second-order valence-corrected chi connectivity index (χ2v) is 7.09. The van der Waals surface area contributed by atoms with Gasteiger partial charge >= 0.3 is 0 Å². The number of hydrogen-bond donors (Lipinski definition) is 2. The first-order valence-corrected chi connectivity index (χ1v) is 8.53. The second-order valence-electron chi connectivity index (χ2n) is 5.98. The van der Waals surface area contributed by atoms with Gasteiger partial charge in [0.05, 0.1) is 12.7 Å². The van der Waals surface area contributed by atoms with E-state index in [-0.39, 0.29) is 0 Å².